The van der Waals surface area contributed by atoms with Crippen molar-refractivity contribution in [2.75, 3.05) is 20.2 Å². The third-order valence-corrected chi connectivity index (χ3v) is 5.51. The summed E-state index contributed by atoms with van der Waals surface area (Å²) in [6, 6.07) is -0.258. The van der Waals surface area contributed by atoms with Crippen LogP contribution in [-0.2, 0) is 19.1 Å². The van der Waals surface area contributed by atoms with Gasteiger partial charge in [0.1, 0.15) is 0 Å². The highest BCUT2D eigenvalue weighted by atomic mass is 16.5. The van der Waals surface area contributed by atoms with Crippen LogP contribution in [0, 0.1) is 11.3 Å². The molecule has 0 heterocycles. The van der Waals surface area contributed by atoms with E-state index in [1.54, 1.807) is 31.9 Å². The first kappa shape index (κ1) is 26.1. The molecule has 0 unspecified atom stereocenters. The van der Waals surface area contributed by atoms with Crippen molar-refractivity contribution in [3.05, 3.63) is 11.6 Å². The Bertz CT molecular complexity index is 551. The fraction of sp³-hybridized carbons (Fsp3) is 0.773. The predicted molar refractivity (Wildman–Crippen MR) is 113 cm³/mol. The first-order valence-corrected chi connectivity index (χ1v) is 10.5. The van der Waals surface area contributed by atoms with Gasteiger partial charge >= 0.3 is 5.97 Å². The minimum absolute atomic E-state index is 0.0453. The summed E-state index contributed by atoms with van der Waals surface area (Å²) in [6.07, 6.45) is 5.01. The lowest BCUT2D eigenvalue weighted by Gasteiger charge is -2.32. The van der Waals surface area contributed by atoms with Crippen LogP contribution in [0.1, 0.15) is 74.1 Å². The number of nitrogens with one attached hydrogen (secondary N) is 1. The van der Waals surface area contributed by atoms with Gasteiger partial charge < -0.3 is 15.0 Å². The summed E-state index contributed by atoms with van der Waals surface area (Å²) in [5, 5.41) is 2.84. The molecule has 0 radical (unpaired) electrons. The quantitative estimate of drug-likeness (QED) is 0.403. The van der Waals surface area contributed by atoms with E-state index in [-0.39, 0.29) is 36.3 Å². The van der Waals surface area contributed by atoms with Gasteiger partial charge in [-0.05, 0) is 39.0 Å². The number of amides is 2. The Kier molecular flexibility index (Phi) is 11.7. The standard InChI is InChI=1S/C22H40N2O4/c1-9-13-22(10-2,11-3)21(27)23-15-19(25)24(8)18(16(5)6)14-17(7)20(26)28-12-4/h14,16,18H,9-13,15H2,1-8H3,(H,23,27)/b17-14+/t18-/m1/s1. The molecular formula is C22H40N2O4. The summed E-state index contributed by atoms with van der Waals surface area (Å²) in [6.45, 7) is 13.8. The number of hydrogen-bond donors (Lipinski definition) is 1. The van der Waals surface area contributed by atoms with Crippen LogP contribution in [0.2, 0.25) is 0 Å². The summed E-state index contributed by atoms with van der Waals surface area (Å²) >= 11 is 0. The van der Waals surface area contributed by atoms with Gasteiger partial charge in [-0.25, -0.2) is 4.79 Å². The smallest absolute Gasteiger partial charge is 0.333 e. The highest BCUT2D eigenvalue weighted by Crippen LogP contribution is 2.32. The van der Waals surface area contributed by atoms with Crippen LogP contribution in [0.25, 0.3) is 0 Å². The Morgan fingerprint density at radius 1 is 1.11 bits per heavy atom. The molecule has 0 spiro atoms. The lowest BCUT2D eigenvalue weighted by atomic mass is 9.77. The maximum absolute atomic E-state index is 12.7. The van der Waals surface area contributed by atoms with Gasteiger partial charge in [-0.2, -0.15) is 0 Å². The summed E-state index contributed by atoms with van der Waals surface area (Å²) < 4.78 is 5.02. The van der Waals surface area contributed by atoms with Crippen LogP contribution < -0.4 is 5.32 Å². The highest BCUT2D eigenvalue weighted by Gasteiger charge is 2.34. The summed E-state index contributed by atoms with van der Waals surface area (Å²) in [5.74, 6) is -0.505. The Balaban J connectivity index is 5.17. The molecule has 0 aromatic heterocycles. The van der Waals surface area contributed by atoms with Crippen molar-refractivity contribution in [3.8, 4) is 0 Å². The molecule has 0 bridgehead atoms. The molecule has 6 nitrogen and oxygen atoms in total. The van der Waals surface area contributed by atoms with Crippen molar-refractivity contribution in [2.45, 2.75) is 80.2 Å². The van der Waals surface area contributed by atoms with Crippen LogP contribution in [0.5, 0.6) is 0 Å². The molecule has 2 amide bonds. The van der Waals surface area contributed by atoms with E-state index in [0.717, 1.165) is 25.7 Å². The van der Waals surface area contributed by atoms with Crippen LogP contribution >= 0.6 is 0 Å². The van der Waals surface area contributed by atoms with E-state index >= 15 is 0 Å². The SMILES string of the molecule is CCCC(CC)(CC)C(=O)NCC(=O)N(C)[C@H](/C=C(\C)C(=O)OCC)C(C)C. The molecule has 0 saturated carbocycles. The van der Waals surface area contributed by atoms with Gasteiger partial charge in [-0.15, -0.1) is 0 Å². The Morgan fingerprint density at radius 3 is 2.11 bits per heavy atom. The summed E-state index contributed by atoms with van der Waals surface area (Å²) in [4.78, 5) is 38.9. The van der Waals surface area contributed by atoms with Gasteiger partial charge in [0, 0.05) is 18.0 Å². The monoisotopic (exact) mass is 396 g/mol. The zero-order chi connectivity index (χ0) is 21.9. The predicted octanol–water partition coefficient (Wildman–Crippen LogP) is 3.70. The van der Waals surface area contributed by atoms with E-state index < -0.39 is 5.41 Å². The first-order valence-electron chi connectivity index (χ1n) is 10.5. The van der Waals surface area contributed by atoms with Crippen LogP contribution in [-0.4, -0.2) is 48.9 Å². The van der Waals surface area contributed by atoms with Crippen molar-refractivity contribution >= 4 is 17.8 Å². The van der Waals surface area contributed by atoms with E-state index in [0.29, 0.717) is 12.2 Å². The van der Waals surface area contributed by atoms with E-state index in [1.165, 1.54) is 0 Å². The Labute approximate surface area is 171 Å². The molecule has 0 rings (SSSR count). The van der Waals surface area contributed by atoms with Gasteiger partial charge in [0.2, 0.25) is 11.8 Å². The van der Waals surface area contributed by atoms with Gasteiger partial charge in [0.25, 0.3) is 0 Å². The van der Waals surface area contributed by atoms with Gasteiger partial charge in [-0.3, -0.25) is 9.59 Å². The van der Waals surface area contributed by atoms with Crippen molar-refractivity contribution in [2.24, 2.45) is 11.3 Å². The maximum atomic E-state index is 12.7. The molecule has 0 aliphatic heterocycles. The van der Waals surface area contributed by atoms with Crippen molar-refractivity contribution in [1.82, 2.24) is 10.2 Å². The average Bonchev–Trinajstić information content (AvgIpc) is 2.67. The van der Waals surface area contributed by atoms with Gasteiger partial charge in [0.15, 0.2) is 0 Å². The molecule has 0 aliphatic carbocycles. The fourth-order valence-corrected chi connectivity index (χ4v) is 3.47. The van der Waals surface area contributed by atoms with E-state index in [9.17, 15) is 14.4 Å². The molecule has 0 saturated heterocycles. The van der Waals surface area contributed by atoms with Crippen molar-refractivity contribution in [3.63, 3.8) is 0 Å². The van der Waals surface area contributed by atoms with E-state index in [2.05, 4.69) is 12.2 Å². The summed E-state index contributed by atoms with van der Waals surface area (Å²) in [5.41, 5.74) is 0.0639. The number of likely N-dealkylation sites (N-methyl/N-ethyl adjacent to an activating group) is 1. The molecule has 28 heavy (non-hydrogen) atoms. The van der Waals surface area contributed by atoms with E-state index in [4.69, 9.17) is 4.74 Å². The molecule has 0 aromatic rings. The lowest BCUT2D eigenvalue weighted by molar-refractivity contribution is -0.138. The highest BCUT2D eigenvalue weighted by molar-refractivity contribution is 5.89. The normalized spacial score (nSPS) is 13.2. The fourth-order valence-electron chi connectivity index (χ4n) is 3.47. The number of esters is 1. The Morgan fingerprint density at radius 2 is 1.68 bits per heavy atom. The molecule has 0 fully saturated rings. The second kappa shape index (κ2) is 12.6. The molecular weight excluding hydrogens is 356 g/mol. The second-order valence-electron chi connectivity index (χ2n) is 7.73. The first-order chi connectivity index (χ1) is 13.1. The molecule has 6 heteroatoms. The number of hydrogen-bond acceptors (Lipinski definition) is 4. The second-order valence-corrected chi connectivity index (χ2v) is 7.73. The minimum Gasteiger partial charge on any atom is -0.463 e. The number of carbonyl (C=O) groups is 3. The van der Waals surface area contributed by atoms with Crippen LogP contribution in [0.15, 0.2) is 11.6 Å². The number of carbonyl (C=O) groups excluding carboxylic acids is 3. The zero-order valence-electron chi connectivity index (χ0n) is 19.1. The number of nitrogens with zero attached hydrogens (tertiary/aromatic N) is 1. The summed E-state index contributed by atoms with van der Waals surface area (Å²) in [7, 11) is 1.70. The van der Waals surface area contributed by atoms with Crippen molar-refractivity contribution in [1.29, 1.82) is 0 Å². The average molecular weight is 397 g/mol. The third-order valence-electron chi connectivity index (χ3n) is 5.51. The molecule has 0 aromatic carbocycles. The number of rotatable bonds is 12. The van der Waals surface area contributed by atoms with Crippen LogP contribution in [0.3, 0.4) is 0 Å². The lowest BCUT2D eigenvalue weighted by Crippen LogP contribution is -2.48. The van der Waals surface area contributed by atoms with Gasteiger partial charge in [0.05, 0.1) is 19.2 Å². The third kappa shape index (κ3) is 7.28. The van der Waals surface area contributed by atoms with Crippen LogP contribution in [0.4, 0.5) is 0 Å². The van der Waals surface area contributed by atoms with Gasteiger partial charge in [-0.1, -0.05) is 47.1 Å². The van der Waals surface area contributed by atoms with E-state index in [1.807, 2.05) is 27.7 Å². The molecule has 162 valence electrons. The zero-order valence-corrected chi connectivity index (χ0v) is 19.1. The minimum atomic E-state index is -0.411. The molecule has 0 aliphatic rings. The van der Waals surface area contributed by atoms with Crippen molar-refractivity contribution < 1.29 is 19.1 Å². The molecule has 1 N–H and O–H groups in total. The maximum Gasteiger partial charge on any atom is 0.333 e. The molecule has 1 atom stereocenters. The topological polar surface area (TPSA) is 75.7 Å². The number of ether oxygens (including phenoxy) is 1. The Hall–Kier alpha value is -1.85. The largest absolute Gasteiger partial charge is 0.463 e.